The Labute approximate surface area is 131 Å². The Hall–Kier alpha value is -1.54. The summed E-state index contributed by atoms with van der Waals surface area (Å²) < 4.78 is 21.0. The largest absolute Gasteiger partial charge is 0.382 e. The lowest BCUT2D eigenvalue weighted by Crippen LogP contribution is -2.40. The summed E-state index contributed by atoms with van der Waals surface area (Å²) >= 11 is 5.71. The molecule has 1 fully saturated rings. The van der Waals surface area contributed by atoms with Crippen molar-refractivity contribution in [2.24, 2.45) is 0 Å². The Bertz CT molecular complexity index is 646. The van der Waals surface area contributed by atoms with E-state index in [9.17, 15) is 9.50 Å². The van der Waals surface area contributed by atoms with E-state index in [1.165, 1.54) is 12.1 Å². The van der Waals surface area contributed by atoms with Gasteiger partial charge in [-0.2, -0.15) is 0 Å². The summed E-state index contributed by atoms with van der Waals surface area (Å²) in [6.07, 6.45) is 0.417. The van der Waals surface area contributed by atoms with Crippen LogP contribution in [-0.4, -0.2) is 45.9 Å². The number of benzene rings is 1. The zero-order chi connectivity index (χ0) is 15.5. The van der Waals surface area contributed by atoms with Crippen molar-refractivity contribution in [3.05, 3.63) is 46.5 Å². The van der Waals surface area contributed by atoms with E-state index in [4.69, 9.17) is 16.3 Å². The van der Waals surface area contributed by atoms with E-state index in [2.05, 4.69) is 15.6 Å². The van der Waals surface area contributed by atoms with E-state index in [0.717, 1.165) is 19.2 Å². The fourth-order valence-electron chi connectivity index (χ4n) is 2.36. The summed E-state index contributed by atoms with van der Waals surface area (Å²) in [5, 5.41) is 21.6. The Balaban J connectivity index is 1.72. The molecule has 1 aliphatic rings. The summed E-state index contributed by atoms with van der Waals surface area (Å²) in [6.45, 7) is 2.76. The Morgan fingerprint density at radius 1 is 1.55 bits per heavy atom. The summed E-state index contributed by atoms with van der Waals surface area (Å²) in [5.41, 5.74) is 0.400. The van der Waals surface area contributed by atoms with Crippen LogP contribution in [-0.2, 0) is 11.3 Å². The normalized spacial score (nSPS) is 20.0. The molecule has 118 valence electrons. The fraction of sp³-hybridized carbons (Fsp3) is 0.429. The van der Waals surface area contributed by atoms with E-state index < -0.39 is 11.9 Å². The molecule has 6 nitrogen and oxygen atoms in total. The monoisotopic (exact) mass is 326 g/mol. The predicted molar refractivity (Wildman–Crippen MR) is 78.1 cm³/mol. The smallest absolute Gasteiger partial charge is 0.130 e. The number of hydrogen-bond donors (Lipinski definition) is 2. The van der Waals surface area contributed by atoms with Crippen LogP contribution in [0.25, 0.3) is 0 Å². The molecule has 1 aliphatic heterocycles. The van der Waals surface area contributed by atoms with Gasteiger partial charge in [0.25, 0.3) is 0 Å². The van der Waals surface area contributed by atoms with Gasteiger partial charge in [-0.15, -0.1) is 5.10 Å². The van der Waals surface area contributed by atoms with Crippen LogP contribution in [0.1, 0.15) is 17.4 Å². The number of halogens is 2. The Kier molecular flexibility index (Phi) is 4.68. The van der Waals surface area contributed by atoms with Gasteiger partial charge in [-0.05, 0) is 12.1 Å². The lowest BCUT2D eigenvalue weighted by atomic mass is 10.1. The molecule has 0 spiro atoms. The number of rotatable bonds is 4. The highest BCUT2D eigenvalue weighted by Gasteiger charge is 2.20. The number of aliphatic hydroxyl groups is 1. The molecular formula is C14H16ClFN4O2. The minimum atomic E-state index is -1.18. The molecule has 2 N–H and O–H groups in total. The molecule has 1 aromatic heterocycles. The summed E-state index contributed by atoms with van der Waals surface area (Å²) in [5.74, 6) is -0.575. The maximum atomic E-state index is 13.8. The van der Waals surface area contributed by atoms with Crippen LogP contribution in [0.15, 0.2) is 24.4 Å². The van der Waals surface area contributed by atoms with Gasteiger partial charge < -0.3 is 15.2 Å². The first kappa shape index (κ1) is 15.4. The van der Waals surface area contributed by atoms with Crippen molar-refractivity contribution in [2.75, 3.05) is 19.7 Å². The first-order valence-corrected chi connectivity index (χ1v) is 7.36. The molecule has 22 heavy (non-hydrogen) atoms. The van der Waals surface area contributed by atoms with Crippen molar-refractivity contribution in [1.82, 2.24) is 20.3 Å². The number of hydrogen-bond acceptors (Lipinski definition) is 5. The van der Waals surface area contributed by atoms with Gasteiger partial charge in [-0.3, -0.25) is 0 Å². The number of morpholine rings is 1. The van der Waals surface area contributed by atoms with Crippen LogP contribution in [0.5, 0.6) is 0 Å². The molecule has 0 radical (unpaired) electrons. The van der Waals surface area contributed by atoms with E-state index in [1.807, 2.05) is 0 Å². The SMILES string of the molecule is OC(c1cn(CC2CNCCO2)nn1)c1ccc(Cl)cc1F. The number of nitrogens with one attached hydrogen (secondary N) is 1. The third-order valence-corrected chi connectivity index (χ3v) is 3.72. The average molecular weight is 327 g/mol. The maximum absolute atomic E-state index is 13.8. The van der Waals surface area contributed by atoms with Gasteiger partial charge in [0.15, 0.2) is 0 Å². The highest BCUT2D eigenvalue weighted by molar-refractivity contribution is 6.30. The first-order valence-electron chi connectivity index (χ1n) is 6.99. The quantitative estimate of drug-likeness (QED) is 0.881. The molecule has 0 bridgehead atoms. The maximum Gasteiger partial charge on any atom is 0.130 e. The number of aliphatic hydroxyl groups excluding tert-OH is 1. The van der Waals surface area contributed by atoms with Crippen LogP contribution in [0.3, 0.4) is 0 Å². The minimum Gasteiger partial charge on any atom is -0.382 e. The van der Waals surface area contributed by atoms with Crippen molar-refractivity contribution in [1.29, 1.82) is 0 Å². The Morgan fingerprint density at radius 2 is 2.41 bits per heavy atom. The van der Waals surface area contributed by atoms with Gasteiger partial charge in [-0.1, -0.05) is 22.9 Å². The second kappa shape index (κ2) is 6.70. The number of nitrogens with zero attached hydrogens (tertiary/aromatic N) is 3. The van der Waals surface area contributed by atoms with Crippen molar-refractivity contribution >= 4 is 11.6 Å². The predicted octanol–water partition coefficient (Wildman–Crippen LogP) is 1.14. The molecule has 3 rings (SSSR count). The Morgan fingerprint density at radius 3 is 3.14 bits per heavy atom. The molecule has 0 saturated carbocycles. The molecule has 0 amide bonds. The number of aromatic nitrogens is 3. The molecular weight excluding hydrogens is 311 g/mol. The van der Waals surface area contributed by atoms with Crippen LogP contribution < -0.4 is 5.32 Å². The first-order chi connectivity index (χ1) is 10.6. The van der Waals surface area contributed by atoms with E-state index in [1.54, 1.807) is 10.9 Å². The third kappa shape index (κ3) is 3.44. The molecule has 2 heterocycles. The standard InChI is InChI=1S/C14H16ClFN4O2/c15-9-1-2-11(12(16)5-9)14(21)13-8-20(19-18-13)7-10-6-17-3-4-22-10/h1-2,5,8,10,14,17,21H,3-4,6-7H2. The molecule has 2 aromatic rings. The summed E-state index contributed by atoms with van der Waals surface area (Å²) in [7, 11) is 0. The lowest BCUT2D eigenvalue weighted by Gasteiger charge is -2.23. The zero-order valence-corrected chi connectivity index (χ0v) is 12.5. The van der Waals surface area contributed by atoms with Crippen molar-refractivity contribution in [3.63, 3.8) is 0 Å². The molecule has 2 unspecified atom stereocenters. The fourth-order valence-corrected chi connectivity index (χ4v) is 2.51. The molecule has 8 heteroatoms. The van der Waals surface area contributed by atoms with Crippen molar-refractivity contribution in [3.8, 4) is 0 Å². The van der Waals surface area contributed by atoms with E-state index >= 15 is 0 Å². The van der Waals surface area contributed by atoms with Gasteiger partial charge in [0.05, 0.1) is 25.5 Å². The number of ether oxygens (including phenoxy) is 1. The van der Waals surface area contributed by atoms with Crippen LogP contribution >= 0.6 is 11.6 Å². The molecule has 1 aromatic carbocycles. The minimum absolute atomic E-state index is 0.00714. The second-order valence-corrected chi connectivity index (χ2v) is 5.57. The van der Waals surface area contributed by atoms with Gasteiger partial charge >= 0.3 is 0 Å². The van der Waals surface area contributed by atoms with E-state index in [0.29, 0.717) is 13.2 Å². The molecule has 0 aliphatic carbocycles. The van der Waals surface area contributed by atoms with Crippen molar-refractivity contribution in [2.45, 2.75) is 18.8 Å². The summed E-state index contributed by atoms with van der Waals surface area (Å²) in [4.78, 5) is 0. The molecule has 1 saturated heterocycles. The topological polar surface area (TPSA) is 72.2 Å². The van der Waals surface area contributed by atoms with Gasteiger partial charge in [0.1, 0.15) is 17.6 Å². The van der Waals surface area contributed by atoms with Gasteiger partial charge in [0, 0.05) is 23.7 Å². The van der Waals surface area contributed by atoms with Gasteiger partial charge in [-0.25, -0.2) is 9.07 Å². The highest BCUT2D eigenvalue weighted by Crippen LogP contribution is 2.24. The average Bonchev–Trinajstić information content (AvgIpc) is 2.96. The van der Waals surface area contributed by atoms with Crippen molar-refractivity contribution < 1.29 is 14.2 Å². The highest BCUT2D eigenvalue weighted by atomic mass is 35.5. The zero-order valence-electron chi connectivity index (χ0n) is 11.7. The van der Waals surface area contributed by atoms with E-state index in [-0.39, 0.29) is 22.4 Å². The van der Waals surface area contributed by atoms with Crippen LogP contribution in [0.4, 0.5) is 4.39 Å². The van der Waals surface area contributed by atoms with Gasteiger partial charge in [0.2, 0.25) is 0 Å². The van der Waals surface area contributed by atoms with Crippen LogP contribution in [0, 0.1) is 5.82 Å². The lowest BCUT2D eigenvalue weighted by molar-refractivity contribution is 0.0158. The van der Waals surface area contributed by atoms with Crippen LogP contribution in [0.2, 0.25) is 5.02 Å². The molecule has 2 atom stereocenters. The second-order valence-electron chi connectivity index (χ2n) is 5.13. The third-order valence-electron chi connectivity index (χ3n) is 3.49. The summed E-state index contributed by atoms with van der Waals surface area (Å²) in [6, 6.07) is 4.12.